The molecule has 1 aromatic carbocycles. The van der Waals surface area contributed by atoms with Crippen LogP contribution in [0, 0.1) is 40.4 Å². The molecule has 40 heavy (non-hydrogen) atoms. The molecular weight excluding hydrogens is 523 g/mol. The van der Waals surface area contributed by atoms with Crippen molar-refractivity contribution in [3.8, 4) is 5.75 Å². The number of carbonyl (C=O) groups excluding carboxylic acids is 1. The number of benzene rings is 1. The molecule has 0 aliphatic heterocycles. The number of rotatable bonds is 6. The van der Waals surface area contributed by atoms with Crippen molar-refractivity contribution in [2.45, 2.75) is 90.1 Å². The Labute approximate surface area is 232 Å². The van der Waals surface area contributed by atoms with Gasteiger partial charge in [0.2, 0.25) is 0 Å². The van der Waals surface area contributed by atoms with Gasteiger partial charge in [0.15, 0.2) is 5.78 Å². The van der Waals surface area contributed by atoms with E-state index in [1.54, 1.807) is 7.11 Å². The lowest BCUT2D eigenvalue weighted by molar-refractivity contribution is -0.274. The van der Waals surface area contributed by atoms with E-state index in [1.807, 2.05) is 6.92 Å². The van der Waals surface area contributed by atoms with E-state index in [-0.39, 0.29) is 40.3 Å². The summed E-state index contributed by atoms with van der Waals surface area (Å²) in [6.07, 6.45) is 4.08. The van der Waals surface area contributed by atoms with E-state index >= 15 is 0 Å². The Morgan fingerprint density at radius 1 is 1.05 bits per heavy atom. The highest BCUT2D eigenvalue weighted by Gasteiger charge is 2.63. The topological polar surface area (TPSA) is 86.5 Å². The third-order valence-corrected chi connectivity index (χ3v) is 11.4. The largest absolute Gasteiger partial charge is 0.573 e. The number of ketones is 1. The molecule has 2 aromatic rings. The Kier molecular flexibility index (Phi) is 6.76. The quantitative estimate of drug-likeness (QED) is 0.469. The molecule has 4 saturated carbocycles. The second-order valence-corrected chi connectivity index (χ2v) is 13.6. The van der Waals surface area contributed by atoms with Crippen LogP contribution in [0.2, 0.25) is 0 Å². The first-order valence-corrected chi connectivity index (χ1v) is 14.7. The van der Waals surface area contributed by atoms with Crippen molar-refractivity contribution in [2.75, 3.05) is 13.7 Å². The molecule has 4 fully saturated rings. The molecule has 1 aromatic heterocycles. The SMILES string of the molecule is COC[C@]12CC[C@@](C)(O)C[C@@H]1CCC1[C@@H]3CC[C@H](C(=O)Cn4nc5ccc(OC(F)(F)F)cc5n4)[C@@]3(C)CC[C@@H]12. The van der Waals surface area contributed by atoms with E-state index in [0.717, 1.165) is 64.4 Å². The van der Waals surface area contributed by atoms with Crippen molar-refractivity contribution < 1.29 is 32.5 Å². The van der Waals surface area contributed by atoms with E-state index in [9.17, 15) is 23.1 Å². The van der Waals surface area contributed by atoms with Crippen molar-refractivity contribution >= 4 is 16.8 Å². The Balaban J connectivity index is 1.19. The standard InChI is InChI=1S/C30H40F3N3O4/c1-27(38)12-13-29(17-39-3)18(15-27)4-6-20-21-7-8-23(28(21,2)11-10-22(20)29)26(37)16-36-34-24-9-5-19(14-25(24)35-36)40-30(31,32)33/h5,9,14,18,20-23,38H,4,6-8,10-13,15-17H2,1-3H3/t18-,20?,21-,22-,23+,27+,28-,29+/m0/s1. The fourth-order valence-electron chi connectivity index (χ4n) is 9.77. The number of aromatic nitrogens is 3. The van der Waals surface area contributed by atoms with Crippen LogP contribution >= 0.6 is 0 Å². The molecule has 0 bridgehead atoms. The highest BCUT2D eigenvalue weighted by molar-refractivity contribution is 5.82. The smallest absolute Gasteiger partial charge is 0.406 e. The number of aliphatic hydroxyl groups is 1. The maximum absolute atomic E-state index is 13.7. The van der Waals surface area contributed by atoms with Gasteiger partial charge in [-0.05, 0) is 111 Å². The number of hydrogen-bond acceptors (Lipinski definition) is 6. The van der Waals surface area contributed by atoms with Gasteiger partial charge < -0.3 is 14.6 Å². The molecular formula is C30H40F3N3O4. The van der Waals surface area contributed by atoms with E-state index in [1.165, 1.54) is 23.0 Å². The lowest BCUT2D eigenvalue weighted by Crippen LogP contribution is -2.58. The van der Waals surface area contributed by atoms with Gasteiger partial charge in [0.25, 0.3) is 0 Å². The van der Waals surface area contributed by atoms with Crippen molar-refractivity contribution in [1.29, 1.82) is 0 Å². The van der Waals surface area contributed by atoms with E-state index in [0.29, 0.717) is 29.2 Å². The van der Waals surface area contributed by atoms with Crippen molar-refractivity contribution in [1.82, 2.24) is 15.0 Å². The molecule has 10 heteroatoms. The predicted octanol–water partition coefficient (Wildman–Crippen LogP) is 5.94. The molecule has 0 spiro atoms. The molecule has 8 atom stereocenters. The Bertz CT molecular complexity index is 1280. The fraction of sp³-hybridized carbons (Fsp3) is 0.767. The molecule has 0 saturated heterocycles. The van der Waals surface area contributed by atoms with Gasteiger partial charge in [0, 0.05) is 19.1 Å². The molecule has 1 heterocycles. The van der Waals surface area contributed by atoms with E-state index in [2.05, 4.69) is 21.9 Å². The minimum Gasteiger partial charge on any atom is -0.406 e. The Morgan fingerprint density at radius 2 is 1.82 bits per heavy atom. The number of fused-ring (bicyclic) bond motifs is 6. The monoisotopic (exact) mass is 563 g/mol. The normalized spacial score (nSPS) is 39.4. The summed E-state index contributed by atoms with van der Waals surface area (Å²) < 4.78 is 47.7. The van der Waals surface area contributed by atoms with Crippen LogP contribution in [-0.4, -0.2) is 51.6 Å². The van der Waals surface area contributed by atoms with E-state index < -0.39 is 12.0 Å². The second-order valence-electron chi connectivity index (χ2n) is 13.6. The van der Waals surface area contributed by atoms with Crippen LogP contribution in [-0.2, 0) is 16.1 Å². The van der Waals surface area contributed by atoms with Gasteiger partial charge in [0.05, 0.1) is 12.2 Å². The summed E-state index contributed by atoms with van der Waals surface area (Å²) in [4.78, 5) is 15.0. The zero-order chi connectivity index (χ0) is 28.5. The molecule has 0 radical (unpaired) electrons. The molecule has 1 unspecified atom stereocenters. The van der Waals surface area contributed by atoms with Crippen molar-refractivity contribution in [3.63, 3.8) is 0 Å². The lowest BCUT2D eigenvalue weighted by Gasteiger charge is -2.62. The summed E-state index contributed by atoms with van der Waals surface area (Å²) in [7, 11) is 1.80. The summed E-state index contributed by atoms with van der Waals surface area (Å²) in [5.74, 6) is 1.73. The molecule has 220 valence electrons. The first-order chi connectivity index (χ1) is 18.8. The summed E-state index contributed by atoms with van der Waals surface area (Å²) >= 11 is 0. The zero-order valence-electron chi connectivity index (χ0n) is 23.5. The number of ether oxygens (including phenoxy) is 2. The first-order valence-electron chi connectivity index (χ1n) is 14.7. The van der Waals surface area contributed by atoms with Gasteiger partial charge in [-0.2, -0.15) is 15.0 Å². The average Bonchev–Trinajstić information content (AvgIpc) is 3.42. The third kappa shape index (κ3) is 4.72. The van der Waals surface area contributed by atoms with Crippen LogP contribution < -0.4 is 4.74 Å². The van der Waals surface area contributed by atoms with E-state index in [4.69, 9.17) is 4.74 Å². The van der Waals surface area contributed by atoms with Crippen LogP contribution in [0.25, 0.3) is 11.0 Å². The van der Waals surface area contributed by atoms with Gasteiger partial charge in [-0.3, -0.25) is 4.79 Å². The zero-order valence-corrected chi connectivity index (χ0v) is 23.5. The third-order valence-electron chi connectivity index (χ3n) is 11.4. The molecule has 0 amide bonds. The lowest BCUT2D eigenvalue weighted by atomic mass is 9.43. The molecule has 7 nitrogen and oxygen atoms in total. The second kappa shape index (κ2) is 9.68. The van der Waals surface area contributed by atoms with Crippen LogP contribution in [0.15, 0.2) is 18.2 Å². The highest BCUT2D eigenvalue weighted by Crippen LogP contribution is 2.68. The number of nitrogens with zero attached hydrogens (tertiary/aromatic N) is 3. The Morgan fingerprint density at radius 3 is 2.58 bits per heavy atom. The number of hydrogen-bond donors (Lipinski definition) is 1. The van der Waals surface area contributed by atoms with Gasteiger partial charge in [0.1, 0.15) is 23.3 Å². The minimum absolute atomic E-state index is 0.00990. The number of Topliss-reactive ketones (excluding diaryl/α,β-unsaturated/α-hetero) is 1. The van der Waals surface area contributed by atoms with Crippen LogP contribution in [0.5, 0.6) is 5.75 Å². The summed E-state index contributed by atoms with van der Waals surface area (Å²) in [6.45, 7) is 5.04. The van der Waals surface area contributed by atoms with Crippen molar-refractivity contribution in [2.24, 2.45) is 40.4 Å². The van der Waals surface area contributed by atoms with Crippen LogP contribution in [0.1, 0.15) is 71.6 Å². The van der Waals surface area contributed by atoms with Gasteiger partial charge in [-0.15, -0.1) is 13.2 Å². The number of halogens is 3. The number of carbonyl (C=O) groups is 1. The van der Waals surface area contributed by atoms with Crippen LogP contribution in [0.3, 0.4) is 0 Å². The van der Waals surface area contributed by atoms with Crippen molar-refractivity contribution in [3.05, 3.63) is 18.2 Å². The van der Waals surface area contributed by atoms with Gasteiger partial charge in [-0.25, -0.2) is 0 Å². The highest BCUT2D eigenvalue weighted by atomic mass is 19.4. The average molecular weight is 564 g/mol. The number of alkyl halides is 3. The molecule has 4 aliphatic carbocycles. The van der Waals surface area contributed by atoms with Crippen LogP contribution in [0.4, 0.5) is 13.2 Å². The molecule has 6 rings (SSSR count). The maximum atomic E-state index is 13.7. The molecule has 1 N–H and O–H groups in total. The maximum Gasteiger partial charge on any atom is 0.573 e. The van der Waals surface area contributed by atoms with Gasteiger partial charge in [-0.1, -0.05) is 6.92 Å². The Hall–Kier alpha value is -2.20. The summed E-state index contributed by atoms with van der Waals surface area (Å²) in [5, 5.41) is 19.5. The first kappa shape index (κ1) is 27.9. The molecule has 4 aliphatic rings. The predicted molar refractivity (Wildman–Crippen MR) is 141 cm³/mol. The minimum atomic E-state index is -4.79. The van der Waals surface area contributed by atoms with Gasteiger partial charge >= 0.3 is 6.36 Å². The fourth-order valence-corrected chi connectivity index (χ4v) is 9.77. The number of methoxy groups -OCH3 is 1. The summed E-state index contributed by atoms with van der Waals surface area (Å²) in [6, 6.07) is 3.83. The summed E-state index contributed by atoms with van der Waals surface area (Å²) in [5.41, 5.74) is 0.111.